The number of benzene rings is 1. The fourth-order valence-electron chi connectivity index (χ4n) is 3.49. The van der Waals surface area contributed by atoms with E-state index >= 15 is 0 Å². The number of ether oxygens (including phenoxy) is 1. The van der Waals surface area contributed by atoms with Crippen molar-refractivity contribution in [3.63, 3.8) is 0 Å². The Morgan fingerprint density at radius 3 is 2.86 bits per heavy atom. The number of hydrogen-bond donors (Lipinski definition) is 1. The Morgan fingerprint density at radius 1 is 1.25 bits per heavy atom. The van der Waals surface area contributed by atoms with Gasteiger partial charge >= 0.3 is 0 Å². The van der Waals surface area contributed by atoms with Crippen molar-refractivity contribution in [2.24, 2.45) is 5.92 Å². The minimum absolute atomic E-state index is 0.0264. The third kappa shape index (κ3) is 5.31. The van der Waals surface area contributed by atoms with Crippen LogP contribution in [0.3, 0.4) is 0 Å². The van der Waals surface area contributed by atoms with Gasteiger partial charge in [-0.1, -0.05) is 24.3 Å². The molecule has 0 radical (unpaired) electrons. The third-order valence-electron chi connectivity index (χ3n) is 5.06. The summed E-state index contributed by atoms with van der Waals surface area (Å²) in [5, 5.41) is 3.02. The van der Waals surface area contributed by atoms with Gasteiger partial charge in [-0.25, -0.2) is 0 Å². The van der Waals surface area contributed by atoms with Crippen LogP contribution in [0.1, 0.15) is 30.5 Å². The van der Waals surface area contributed by atoms with E-state index < -0.39 is 0 Å². The van der Waals surface area contributed by atoms with Gasteiger partial charge in [0, 0.05) is 43.5 Å². The summed E-state index contributed by atoms with van der Waals surface area (Å²) in [6.45, 7) is 1.53. The van der Waals surface area contributed by atoms with E-state index in [4.69, 9.17) is 4.74 Å². The molecule has 3 rings (SSSR count). The third-order valence-corrected chi connectivity index (χ3v) is 5.06. The fourth-order valence-corrected chi connectivity index (χ4v) is 3.49. The molecule has 0 spiro atoms. The second kappa shape index (κ2) is 9.88. The molecule has 28 heavy (non-hydrogen) atoms. The number of aromatic nitrogens is 1. The number of pyridine rings is 1. The van der Waals surface area contributed by atoms with Gasteiger partial charge in [0.1, 0.15) is 5.75 Å². The second-order valence-corrected chi connectivity index (χ2v) is 7.04. The maximum absolute atomic E-state index is 12.5. The molecule has 148 valence electrons. The van der Waals surface area contributed by atoms with Crippen LogP contribution in [-0.2, 0) is 22.6 Å². The zero-order valence-electron chi connectivity index (χ0n) is 16.3. The summed E-state index contributed by atoms with van der Waals surface area (Å²) in [5.41, 5.74) is 1.98. The van der Waals surface area contributed by atoms with Crippen LogP contribution in [0.5, 0.6) is 5.75 Å². The van der Waals surface area contributed by atoms with Crippen LogP contribution in [0.15, 0.2) is 48.7 Å². The van der Waals surface area contributed by atoms with Gasteiger partial charge in [-0.2, -0.15) is 0 Å². The molecule has 0 bridgehead atoms. The number of hydrogen-bond acceptors (Lipinski definition) is 4. The van der Waals surface area contributed by atoms with Gasteiger partial charge in [0.25, 0.3) is 0 Å². The van der Waals surface area contributed by atoms with E-state index in [0.29, 0.717) is 32.5 Å². The Bertz CT molecular complexity index is 795. The summed E-state index contributed by atoms with van der Waals surface area (Å²) in [4.78, 5) is 30.9. The molecular formula is C22H27N3O3. The highest BCUT2D eigenvalue weighted by molar-refractivity contribution is 5.83. The second-order valence-electron chi connectivity index (χ2n) is 7.04. The zero-order valence-corrected chi connectivity index (χ0v) is 16.3. The summed E-state index contributed by atoms with van der Waals surface area (Å²) >= 11 is 0. The van der Waals surface area contributed by atoms with Gasteiger partial charge in [-0.05, 0) is 37.5 Å². The standard InChI is InChI=1S/C22H27N3O3/c1-28-20-10-3-2-7-17(20)15-25-16-18(11-12-21(25)26)22(27)24-14-6-9-19-8-4-5-13-23-19/h2-5,7-8,10,13,18H,6,9,11-12,14-16H2,1H3,(H,24,27). The molecule has 2 heterocycles. The zero-order chi connectivity index (χ0) is 19.8. The molecule has 6 nitrogen and oxygen atoms in total. The van der Waals surface area contributed by atoms with Crippen molar-refractivity contribution in [1.29, 1.82) is 0 Å². The average Bonchev–Trinajstić information content (AvgIpc) is 2.73. The van der Waals surface area contributed by atoms with E-state index in [2.05, 4.69) is 10.3 Å². The lowest BCUT2D eigenvalue weighted by molar-refractivity contribution is -0.138. The molecule has 1 aliphatic heterocycles. The maximum Gasteiger partial charge on any atom is 0.224 e. The number of methoxy groups -OCH3 is 1. The van der Waals surface area contributed by atoms with Crippen molar-refractivity contribution in [2.45, 2.75) is 32.2 Å². The lowest BCUT2D eigenvalue weighted by Crippen LogP contribution is -2.45. The highest BCUT2D eigenvalue weighted by atomic mass is 16.5. The monoisotopic (exact) mass is 381 g/mol. The normalized spacial score (nSPS) is 16.7. The van der Waals surface area contributed by atoms with E-state index in [1.807, 2.05) is 42.5 Å². The smallest absolute Gasteiger partial charge is 0.224 e. The number of aryl methyl sites for hydroxylation is 1. The number of amides is 2. The lowest BCUT2D eigenvalue weighted by atomic mass is 9.96. The van der Waals surface area contributed by atoms with E-state index in [1.165, 1.54) is 0 Å². The van der Waals surface area contributed by atoms with Crippen LogP contribution in [-0.4, -0.2) is 41.9 Å². The minimum Gasteiger partial charge on any atom is -0.496 e. The number of likely N-dealkylation sites (tertiary alicyclic amines) is 1. The first-order valence-electron chi connectivity index (χ1n) is 9.74. The maximum atomic E-state index is 12.5. The Hall–Kier alpha value is -2.89. The van der Waals surface area contributed by atoms with Crippen LogP contribution in [0.25, 0.3) is 0 Å². The largest absolute Gasteiger partial charge is 0.496 e. The number of carbonyl (C=O) groups is 2. The SMILES string of the molecule is COc1ccccc1CN1CC(C(=O)NCCCc2ccccn2)CCC1=O. The van der Waals surface area contributed by atoms with E-state index in [0.717, 1.165) is 29.8 Å². The van der Waals surface area contributed by atoms with Crippen molar-refractivity contribution in [2.75, 3.05) is 20.2 Å². The van der Waals surface area contributed by atoms with Gasteiger partial charge < -0.3 is 15.0 Å². The van der Waals surface area contributed by atoms with Crippen LogP contribution in [0, 0.1) is 5.92 Å². The quantitative estimate of drug-likeness (QED) is 0.714. The Kier molecular flexibility index (Phi) is 7.00. The number of rotatable bonds is 8. The summed E-state index contributed by atoms with van der Waals surface area (Å²) in [6, 6.07) is 13.5. The van der Waals surface area contributed by atoms with Crippen molar-refractivity contribution < 1.29 is 14.3 Å². The van der Waals surface area contributed by atoms with Gasteiger partial charge in [0.15, 0.2) is 0 Å². The van der Waals surface area contributed by atoms with Crippen molar-refractivity contribution >= 4 is 11.8 Å². The van der Waals surface area contributed by atoms with Gasteiger partial charge in [-0.15, -0.1) is 0 Å². The van der Waals surface area contributed by atoms with Crippen molar-refractivity contribution in [3.05, 3.63) is 59.9 Å². The number of carbonyl (C=O) groups excluding carboxylic acids is 2. The molecule has 0 aliphatic carbocycles. The van der Waals surface area contributed by atoms with Crippen molar-refractivity contribution in [1.82, 2.24) is 15.2 Å². The molecule has 2 amide bonds. The molecule has 1 aliphatic rings. The lowest BCUT2D eigenvalue weighted by Gasteiger charge is -2.32. The number of nitrogens with one attached hydrogen (secondary N) is 1. The Morgan fingerprint density at radius 2 is 2.07 bits per heavy atom. The molecule has 6 heteroatoms. The summed E-state index contributed by atoms with van der Waals surface area (Å²) in [7, 11) is 1.62. The van der Waals surface area contributed by atoms with Gasteiger partial charge in [0.05, 0.1) is 13.0 Å². The molecule has 1 atom stereocenters. The first-order chi connectivity index (χ1) is 13.7. The minimum atomic E-state index is -0.165. The number of piperidine rings is 1. The summed E-state index contributed by atoms with van der Waals surface area (Å²) < 4.78 is 5.38. The summed E-state index contributed by atoms with van der Waals surface area (Å²) in [6.07, 6.45) is 4.47. The van der Waals surface area contributed by atoms with E-state index in [9.17, 15) is 9.59 Å². The molecule has 0 saturated carbocycles. The Balaban J connectivity index is 1.49. The first-order valence-corrected chi connectivity index (χ1v) is 9.74. The molecule has 1 fully saturated rings. The highest BCUT2D eigenvalue weighted by Crippen LogP contribution is 2.24. The predicted octanol–water partition coefficient (Wildman–Crippen LogP) is 2.58. The van der Waals surface area contributed by atoms with Crippen LogP contribution < -0.4 is 10.1 Å². The molecule has 1 aromatic carbocycles. The molecule has 1 N–H and O–H groups in total. The predicted molar refractivity (Wildman–Crippen MR) is 107 cm³/mol. The van der Waals surface area contributed by atoms with Gasteiger partial charge in [-0.3, -0.25) is 14.6 Å². The van der Waals surface area contributed by atoms with Crippen LogP contribution in [0.2, 0.25) is 0 Å². The van der Waals surface area contributed by atoms with Crippen LogP contribution >= 0.6 is 0 Å². The number of para-hydroxylation sites is 1. The fraction of sp³-hybridized carbons (Fsp3) is 0.409. The van der Waals surface area contributed by atoms with E-state index in [1.54, 1.807) is 18.2 Å². The van der Waals surface area contributed by atoms with Crippen molar-refractivity contribution in [3.8, 4) is 5.75 Å². The van der Waals surface area contributed by atoms with Gasteiger partial charge in [0.2, 0.25) is 11.8 Å². The van der Waals surface area contributed by atoms with Crippen LogP contribution in [0.4, 0.5) is 0 Å². The average molecular weight is 381 g/mol. The molecular weight excluding hydrogens is 354 g/mol. The van der Waals surface area contributed by atoms with E-state index in [-0.39, 0.29) is 17.7 Å². The molecule has 1 unspecified atom stereocenters. The summed E-state index contributed by atoms with van der Waals surface area (Å²) in [5.74, 6) is 0.710. The topological polar surface area (TPSA) is 71.5 Å². The number of nitrogens with zero attached hydrogens (tertiary/aromatic N) is 2. The highest BCUT2D eigenvalue weighted by Gasteiger charge is 2.30. The molecule has 1 aromatic heterocycles. The molecule has 1 saturated heterocycles. The molecule has 2 aromatic rings. The first kappa shape index (κ1) is 19.9. The Labute approximate surface area is 165 Å².